The van der Waals surface area contributed by atoms with Crippen LogP contribution in [0.2, 0.25) is 0 Å². The number of halogens is 2. The van der Waals surface area contributed by atoms with E-state index in [0.29, 0.717) is 16.7 Å². The molecule has 0 saturated heterocycles. The summed E-state index contributed by atoms with van der Waals surface area (Å²) in [5.41, 5.74) is 3.94. The number of para-hydroxylation sites is 1. The predicted octanol–water partition coefficient (Wildman–Crippen LogP) is 6.20. The van der Waals surface area contributed by atoms with Crippen LogP contribution in [0.25, 0.3) is 11.1 Å². The molecule has 0 aliphatic rings. The molecule has 0 atom stereocenters. The fourth-order valence-electron chi connectivity index (χ4n) is 3.52. The molecule has 0 bridgehead atoms. The van der Waals surface area contributed by atoms with Crippen molar-refractivity contribution in [3.05, 3.63) is 77.4 Å². The van der Waals surface area contributed by atoms with Crippen molar-refractivity contribution >= 4 is 17.7 Å². The molecule has 0 saturated carbocycles. The van der Waals surface area contributed by atoms with Gasteiger partial charge in [0.05, 0.1) is 25.5 Å². The molecule has 3 aromatic carbocycles. The molecular weight excluding hydrogens is 498 g/mol. The smallest absolute Gasteiger partial charge is 0.428 e. The normalized spacial score (nSPS) is 10.9. The quantitative estimate of drug-likeness (QED) is 0.275. The number of rotatable bonds is 8. The summed E-state index contributed by atoms with van der Waals surface area (Å²) in [5.74, 6) is -1.55. The molecule has 0 spiro atoms. The van der Waals surface area contributed by atoms with Gasteiger partial charge in [0.25, 0.3) is 0 Å². The molecule has 0 radical (unpaired) electrons. The molecule has 1 N–H and O–H groups in total. The second-order valence-electron chi connectivity index (χ2n) is 9.26. The van der Waals surface area contributed by atoms with E-state index in [1.54, 1.807) is 39.0 Å². The summed E-state index contributed by atoms with van der Waals surface area (Å²) in [6.07, 6.45) is -0.679. The summed E-state index contributed by atoms with van der Waals surface area (Å²) in [4.78, 5) is 24.9. The molecule has 0 aromatic heterocycles. The zero-order chi connectivity index (χ0) is 28.0. The van der Waals surface area contributed by atoms with Gasteiger partial charge in [-0.15, -0.1) is 0 Å². The SMILES string of the molecule is COC(=O)c1cccc(COc2ccc(-c3ccc(F)cc3OC)cc2F)c1NN(C)C(=O)OC(C)(C)C. The number of carbonyl (C=O) groups is 2. The topological polar surface area (TPSA) is 86.3 Å². The monoisotopic (exact) mass is 528 g/mol. The van der Waals surface area contributed by atoms with Gasteiger partial charge in [-0.05, 0) is 56.7 Å². The van der Waals surface area contributed by atoms with Crippen molar-refractivity contribution in [1.82, 2.24) is 5.01 Å². The Labute approximate surface area is 220 Å². The van der Waals surface area contributed by atoms with Gasteiger partial charge < -0.3 is 18.9 Å². The van der Waals surface area contributed by atoms with Crippen molar-refractivity contribution in [3.63, 3.8) is 0 Å². The molecule has 0 heterocycles. The highest BCUT2D eigenvalue weighted by molar-refractivity contribution is 5.96. The Hall–Kier alpha value is -4.34. The fraction of sp³-hybridized carbons (Fsp3) is 0.286. The number of nitrogens with one attached hydrogen (secondary N) is 1. The van der Waals surface area contributed by atoms with Gasteiger partial charge in [-0.25, -0.2) is 23.4 Å². The fourth-order valence-corrected chi connectivity index (χ4v) is 3.52. The molecule has 0 aliphatic carbocycles. The number of methoxy groups -OCH3 is 2. The van der Waals surface area contributed by atoms with E-state index in [2.05, 4.69) is 5.43 Å². The molecular formula is C28H30F2N2O6. The van der Waals surface area contributed by atoms with Crippen LogP contribution in [0, 0.1) is 11.6 Å². The first-order valence-corrected chi connectivity index (χ1v) is 11.6. The minimum Gasteiger partial charge on any atom is -0.496 e. The molecule has 3 aromatic rings. The van der Waals surface area contributed by atoms with Gasteiger partial charge in [-0.3, -0.25) is 5.43 Å². The maximum absolute atomic E-state index is 15.0. The lowest BCUT2D eigenvalue weighted by atomic mass is 10.0. The molecule has 202 valence electrons. The minimum atomic E-state index is -0.734. The van der Waals surface area contributed by atoms with E-state index in [1.807, 2.05) is 0 Å². The van der Waals surface area contributed by atoms with E-state index in [4.69, 9.17) is 18.9 Å². The third-order valence-corrected chi connectivity index (χ3v) is 5.29. The van der Waals surface area contributed by atoms with Crippen molar-refractivity contribution in [2.45, 2.75) is 33.0 Å². The Morgan fingerprint density at radius 1 is 0.974 bits per heavy atom. The zero-order valence-electron chi connectivity index (χ0n) is 22.1. The highest BCUT2D eigenvalue weighted by atomic mass is 19.1. The number of benzene rings is 3. The van der Waals surface area contributed by atoms with Crippen LogP contribution in [0.1, 0.15) is 36.7 Å². The minimum absolute atomic E-state index is 0.0512. The van der Waals surface area contributed by atoms with Crippen LogP contribution in [0.15, 0.2) is 54.6 Å². The van der Waals surface area contributed by atoms with Crippen LogP contribution >= 0.6 is 0 Å². The Balaban J connectivity index is 1.86. The summed E-state index contributed by atoms with van der Waals surface area (Å²) in [6.45, 7) is 5.04. The van der Waals surface area contributed by atoms with Crippen molar-refractivity contribution in [1.29, 1.82) is 0 Å². The first-order valence-electron chi connectivity index (χ1n) is 11.6. The lowest BCUT2D eigenvalue weighted by Crippen LogP contribution is -2.38. The zero-order valence-corrected chi connectivity index (χ0v) is 22.1. The van der Waals surface area contributed by atoms with Gasteiger partial charge in [0.15, 0.2) is 11.6 Å². The van der Waals surface area contributed by atoms with Crippen LogP contribution in [0.3, 0.4) is 0 Å². The Morgan fingerprint density at radius 3 is 2.34 bits per heavy atom. The molecule has 10 heteroatoms. The third kappa shape index (κ3) is 6.90. The molecule has 3 rings (SSSR count). The summed E-state index contributed by atoms with van der Waals surface area (Å²) < 4.78 is 49.7. The van der Waals surface area contributed by atoms with Gasteiger partial charge in [-0.2, -0.15) is 0 Å². The first kappa shape index (κ1) is 28.2. The Kier molecular flexibility index (Phi) is 8.77. The van der Waals surface area contributed by atoms with Crippen LogP contribution in [-0.2, 0) is 16.1 Å². The molecule has 38 heavy (non-hydrogen) atoms. The van der Waals surface area contributed by atoms with Crippen molar-refractivity contribution < 1.29 is 37.3 Å². The average molecular weight is 529 g/mol. The van der Waals surface area contributed by atoms with Gasteiger partial charge in [0.1, 0.15) is 23.8 Å². The predicted molar refractivity (Wildman–Crippen MR) is 138 cm³/mol. The lowest BCUT2D eigenvalue weighted by Gasteiger charge is -2.27. The number of nitrogens with zero attached hydrogens (tertiary/aromatic N) is 1. The van der Waals surface area contributed by atoms with E-state index in [-0.39, 0.29) is 29.4 Å². The Bertz CT molecular complexity index is 1320. The second kappa shape index (κ2) is 11.8. The standard InChI is InChI=1S/C28H30F2N2O6/c1-28(2,3)38-27(34)32(4)31-25-18(8-7-9-21(25)26(33)36-6)16-37-23-13-10-17(14-22(23)30)20-12-11-19(29)15-24(20)35-5/h7-15,31H,16H2,1-6H3. The highest BCUT2D eigenvalue weighted by Crippen LogP contribution is 2.33. The van der Waals surface area contributed by atoms with E-state index >= 15 is 0 Å². The van der Waals surface area contributed by atoms with Crippen molar-refractivity contribution in [2.75, 3.05) is 26.7 Å². The number of hydrogen-bond donors (Lipinski definition) is 1. The van der Waals surface area contributed by atoms with E-state index in [9.17, 15) is 18.4 Å². The maximum atomic E-state index is 15.0. The number of ether oxygens (including phenoxy) is 4. The van der Waals surface area contributed by atoms with Crippen molar-refractivity contribution in [2.24, 2.45) is 0 Å². The summed E-state index contributed by atoms with van der Waals surface area (Å²) in [5, 5.41) is 1.09. The average Bonchev–Trinajstić information content (AvgIpc) is 2.86. The van der Waals surface area contributed by atoms with Gasteiger partial charge in [-0.1, -0.05) is 18.2 Å². The number of carbonyl (C=O) groups excluding carboxylic acids is 2. The van der Waals surface area contributed by atoms with Crippen LogP contribution < -0.4 is 14.9 Å². The number of hydrazine groups is 1. The second-order valence-corrected chi connectivity index (χ2v) is 9.26. The molecule has 1 amide bonds. The molecule has 8 nitrogen and oxygen atoms in total. The summed E-state index contributed by atoms with van der Waals surface area (Å²) in [6, 6.07) is 13.1. The van der Waals surface area contributed by atoms with Crippen LogP contribution in [-0.4, -0.2) is 43.9 Å². The van der Waals surface area contributed by atoms with E-state index < -0.39 is 29.3 Å². The maximum Gasteiger partial charge on any atom is 0.428 e. The first-order chi connectivity index (χ1) is 17.9. The summed E-state index contributed by atoms with van der Waals surface area (Å²) in [7, 11) is 4.08. The number of hydrogen-bond acceptors (Lipinski definition) is 7. The van der Waals surface area contributed by atoms with E-state index in [1.165, 1.54) is 57.7 Å². The van der Waals surface area contributed by atoms with E-state index in [0.717, 1.165) is 5.01 Å². The van der Waals surface area contributed by atoms with Crippen LogP contribution in [0.5, 0.6) is 11.5 Å². The van der Waals surface area contributed by atoms with Crippen LogP contribution in [0.4, 0.5) is 19.3 Å². The molecule has 0 unspecified atom stereocenters. The lowest BCUT2D eigenvalue weighted by molar-refractivity contribution is 0.0337. The van der Waals surface area contributed by atoms with Crippen molar-refractivity contribution in [3.8, 4) is 22.6 Å². The Morgan fingerprint density at radius 2 is 1.71 bits per heavy atom. The molecule has 0 fully saturated rings. The van der Waals surface area contributed by atoms with Gasteiger partial charge >= 0.3 is 12.1 Å². The summed E-state index contributed by atoms with van der Waals surface area (Å²) >= 11 is 0. The highest BCUT2D eigenvalue weighted by Gasteiger charge is 2.23. The van der Waals surface area contributed by atoms with Gasteiger partial charge in [0.2, 0.25) is 0 Å². The van der Waals surface area contributed by atoms with Gasteiger partial charge in [0, 0.05) is 24.2 Å². The largest absolute Gasteiger partial charge is 0.496 e. The number of amides is 1. The number of anilines is 1. The third-order valence-electron chi connectivity index (χ3n) is 5.29. The molecule has 0 aliphatic heterocycles. The number of esters is 1.